The molecule has 1 spiro atoms. The van der Waals surface area contributed by atoms with E-state index < -0.39 is 0 Å². The average molecular weight is 364 g/mol. The number of para-hydroxylation sites is 1. The number of rotatable bonds is 4. The number of hydrogen-bond acceptors (Lipinski definition) is 3. The van der Waals surface area contributed by atoms with Crippen LogP contribution in [0.5, 0.6) is 5.75 Å². The van der Waals surface area contributed by atoms with E-state index in [0.717, 1.165) is 38.2 Å². The third-order valence-corrected chi connectivity index (χ3v) is 6.35. The number of likely N-dealkylation sites (N-methyl/N-ethyl adjacent to an activating group) is 1. The van der Waals surface area contributed by atoms with Gasteiger partial charge in [0.1, 0.15) is 5.75 Å². The van der Waals surface area contributed by atoms with Crippen molar-refractivity contribution < 1.29 is 9.53 Å². The van der Waals surface area contributed by atoms with Crippen molar-refractivity contribution in [2.75, 3.05) is 33.3 Å². The largest absolute Gasteiger partial charge is 0.484 e. The Balaban J connectivity index is 1.32. The summed E-state index contributed by atoms with van der Waals surface area (Å²) in [5, 5.41) is 0. The summed E-state index contributed by atoms with van der Waals surface area (Å²) < 4.78 is 5.63. The van der Waals surface area contributed by atoms with Crippen LogP contribution in [0.15, 0.2) is 60.7 Å². The molecule has 2 aromatic carbocycles. The van der Waals surface area contributed by atoms with Crippen LogP contribution < -0.4 is 4.74 Å². The molecule has 0 aliphatic carbocycles. The first kappa shape index (κ1) is 18.1. The third kappa shape index (κ3) is 3.86. The van der Waals surface area contributed by atoms with Gasteiger partial charge in [-0.3, -0.25) is 9.69 Å². The fraction of sp³-hybridized carbons (Fsp3) is 0.435. The predicted octanol–water partition coefficient (Wildman–Crippen LogP) is 3.55. The van der Waals surface area contributed by atoms with Crippen LogP contribution in [0, 0.1) is 0 Å². The van der Waals surface area contributed by atoms with Crippen molar-refractivity contribution in [1.29, 1.82) is 0 Å². The van der Waals surface area contributed by atoms with E-state index in [-0.39, 0.29) is 18.1 Å². The van der Waals surface area contributed by atoms with Crippen LogP contribution in [0.3, 0.4) is 0 Å². The highest BCUT2D eigenvalue weighted by Gasteiger charge is 2.46. The summed E-state index contributed by atoms with van der Waals surface area (Å²) in [6, 6.07) is 20.4. The highest BCUT2D eigenvalue weighted by molar-refractivity contribution is 5.77. The highest BCUT2D eigenvalue weighted by atomic mass is 16.5. The standard InChI is InChI=1S/C23H28N2O2/c1-24-17-20(19-8-4-2-5-9-19)16-23(24)12-14-25(15-13-23)22(26)18-27-21-10-6-3-7-11-21/h2-11,20H,12-18H2,1H3. The van der Waals surface area contributed by atoms with E-state index in [9.17, 15) is 4.79 Å². The molecule has 4 rings (SSSR count). The fourth-order valence-corrected chi connectivity index (χ4v) is 4.66. The van der Waals surface area contributed by atoms with Gasteiger partial charge in [0.2, 0.25) is 0 Å². The zero-order valence-corrected chi connectivity index (χ0v) is 16.0. The van der Waals surface area contributed by atoms with Crippen molar-refractivity contribution in [2.24, 2.45) is 0 Å². The number of amides is 1. The lowest BCUT2D eigenvalue weighted by molar-refractivity contribution is -0.135. The Morgan fingerprint density at radius 3 is 2.33 bits per heavy atom. The summed E-state index contributed by atoms with van der Waals surface area (Å²) in [5.74, 6) is 1.44. The molecule has 2 heterocycles. The van der Waals surface area contributed by atoms with Crippen molar-refractivity contribution >= 4 is 5.91 Å². The van der Waals surface area contributed by atoms with E-state index in [1.54, 1.807) is 0 Å². The molecule has 0 radical (unpaired) electrons. The second-order valence-corrected chi connectivity index (χ2v) is 7.90. The normalized spacial score (nSPS) is 22.1. The zero-order valence-electron chi connectivity index (χ0n) is 16.0. The van der Waals surface area contributed by atoms with Gasteiger partial charge in [-0.1, -0.05) is 48.5 Å². The summed E-state index contributed by atoms with van der Waals surface area (Å²) in [4.78, 5) is 17.0. The van der Waals surface area contributed by atoms with Gasteiger partial charge in [-0.15, -0.1) is 0 Å². The molecule has 2 aliphatic rings. The van der Waals surface area contributed by atoms with Crippen LogP contribution in [0.4, 0.5) is 0 Å². The molecule has 2 fully saturated rings. The number of nitrogens with zero attached hydrogens (tertiary/aromatic N) is 2. The minimum absolute atomic E-state index is 0.0916. The van der Waals surface area contributed by atoms with E-state index in [1.807, 2.05) is 35.2 Å². The van der Waals surface area contributed by atoms with Gasteiger partial charge in [-0.25, -0.2) is 0 Å². The van der Waals surface area contributed by atoms with E-state index >= 15 is 0 Å². The van der Waals surface area contributed by atoms with Crippen molar-refractivity contribution in [3.05, 3.63) is 66.2 Å². The average Bonchev–Trinajstić information content (AvgIpc) is 3.04. The summed E-state index contributed by atoms with van der Waals surface area (Å²) in [6.45, 7) is 2.88. The Labute approximate surface area is 161 Å². The van der Waals surface area contributed by atoms with Crippen LogP contribution in [-0.2, 0) is 4.79 Å². The number of carbonyl (C=O) groups excluding carboxylic acids is 1. The van der Waals surface area contributed by atoms with Crippen LogP contribution >= 0.6 is 0 Å². The molecule has 1 unspecified atom stereocenters. The molecule has 4 heteroatoms. The first-order chi connectivity index (χ1) is 13.2. The SMILES string of the molecule is CN1CC(c2ccccc2)CC12CCN(C(=O)COc1ccccc1)CC2. The molecule has 0 saturated carbocycles. The number of hydrogen-bond donors (Lipinski definition) is 0. The molecular formula is C23H28N2O2. The molecule has 4 nitrogen and oxygen atoms in total. The second-order valence-electron chi connectivity index (χ2n) is 7.90. The minimum atomic E-state index is 0.0916. The first-order valence-corrected chi connectivity index (χ1v) is 9.88. The molecule has 2 aliphatic heterocycles. The topological polar surface area (TPSA) is 32.8 Å². The van der Waals surface area contributed by atoms with Crippen molar-refractivity contribution in [3.63, 3.8) is 0 Å². The minimum Gasteiger partial charge on any atom is -0.484 e. The lowest BCUT2D eigenvalue weighted by atomic mass is 9.81. The van der Waals surface area contributed by atoms with E-state index in [2.05, 4.69) is 42.3 Å². The van der Waals surface area contributed by atoms with Crippen LogP contribution in [0.1, 0.15) is 30.7 Å². The van der Waals surface area contributed by atoms with Gasteiger partial charge in [0.15, 0.2) is 6.61 Å². The smallest absolute Gasteiger partial charge is 0.260 e. The molecule has 1 atom stereocenters. The lowest BCUT2D eigenvalue weighted by Gasteiger charge is -2.43. The Morgan fingerprint density at radius 1 is 1.04 bits per heavy atom. The number of likely N-dealkylation sites (tertiary alicyclic amines) is 2. The molecule has 27 heavy (non-hydrogen) atoms. The fourth-order valence-electron chi connectivity index (χ4n) is 4.66. The van der Waals surface area contributed by atoms with E-state index in [4.69, 9.17) is 4.74 Å². The summed E-state index contributed by atoms with van der Waals surface area (Å²) in [6.07, 6.45) is 3.28. The van der Waals surface area contributed by atoms with E-state index in [1.165, 1.54) is 12.0 Å². The Kier molecular flexibility index (Phi) is 5.17. The Morgan fingerprint density at radius 2 is 1.67 bits per heavy atom. The molecule has 0 bridgehead atoms. The summed E-state index contributed by atoms with van der Waals surface area (Å²) >= 11 is 0. The second kappa shape index (κ2) is 7.73. The van der Waals surface area contributed by atoms with Crippen molar-refractivity contribution in [1.82, 2.24) is 9.80 Å². The molecule has 2 aromatic rings. The highest BCUT2D eigenvalue weighted by Crippen LogP contribution is 2.43. The Bertz CT molecular complexity index is 754. The van der Waals surface area contributed by atoms with Gasteiger partial charge >= 0.3 is 0 Å². The lowest BCUT2D eigenvalue weighted by Crippen LogP contribution is -2.52. The maximum Gasteiger partial charge on any atom is 0.260 e. The summed E-state index contributed by atoms with van der Waals surface area (Å²) in [7, 11) is 2.25. The maximum atomic E-state index is 12.5. The molecule has 2 saturated heterocycles. The van der Waals surface area contributed by atoms with Gasteiger partial charge in [0, 0.05) is 25.2 Å². The number of carbonyl (C=O) groups is 1. The Hall–Kier alpha value is -2.33. The molecule has 0 aromatic heterocycles. The molecule has 142 valence electrons. The van der Waals surface area contributed by atoms with Gasteiger partial charge < -0.3 is 9.64 Å². The third-order valence-electron chi connectivity index (χ3n) is 6.35. The number of benzene rings is 2. The van der Waals surface area contributed by atoms with Gasteiger partial charge in [-0.2, -0.15) is 0 Å². The maximum absolute atomic E-state index is 12.5. The van der Waals surface area contributed by atoms with Crippen LogP contribution in [0.2, 0.25) is 0 Å². The van der Waals surface area contributed by atoms with Crippen molar-refractivity contribution in [2.45, 2.75) is 30.7 Å². The van der Waals surface area contributed by atoms with Crippen LogP contribution in [0.25, 0.3) is 0 Å². The van der Waals surface area contributed by atoms with Crippen molar-refractivity contribution in [3.8, 4) is 5.75 Å². The van der Waals surface area contributed by atoms with Gasteiger partial charge in [-0.05, 0) is 49.9 Å². The molecule has 1 amide bonds. The number of piperidine rings is 1. The molecule has 0 N–H and O–H groups in total. The van der Waals surface area contributed by atoms with E-state index in [0.29, 0.717) is 5.92 Å². The van der Waals surface area contributed by atoms with Gasteiger partial charge in [0.25, 0.3) is 5.91 Å². The first-order valence-electron chi connectivity index (χ1n) is 9.88. The van der Waals surface area contributed by atoms with Gasteiger partial charge in [0.05, 0.1) is 0 Å². The molecular weight excluding hydrogens is 336 g/mol. The monoisotopic (exact) mass is 364 g/mol. The summed E-state index contributed by atoms with van der Waals surface area (Å²) in [5.41, 5.74) is 1.67. The van der Waals surface area contributed by atoms with Crippen LogP contribution in [-0.4, -0.2) is 54.5 Å². The zero-order chi connectivity index (χ0) is 18.7. The number of ether oxygens (including phenoxy) is 1. The predicted molar refractivity (Wildman–Crippen MR) is 107 cm³/mol. The quantitative estimate of drug-likeness (QED) is 0.832.